The minimum atomic E-state index is 0.121. The average Bonchev–Trinajstić information content (AvgIpc) is 3.16. The first kappa shape index (κ1) is 12.7. The van der Waals surface area contributed by atoms with Gasteiger partial charge in [-0.25, -0.2) is 0 Å². The monoisotopic (exact) mass is 258 g/mol. The number of benzene rings is 1. The molecule has 1 amide bonds. The largest absolute Gasteiger partial charge is 0.341 e. The van der Waals surface area contributed by atoms with E-state index in [0.717, 1.165) is 12.8 Å². The van der Waals surface area contributed by atoms with E-state index in [1.165, 1.54) is 24.0 Å². The van der Waals surface area contributed by atoms with Crippen LogP contribution in [0.2, 0.25) is 0 Å². The van der Waals surface area contributed by atoms with Crippen LogP contribution in [0.25, 0.3) is 0 Å². The lowest BCUT2D eigenvalue weighted by Crippen LogP contribution is -2.46. The maximum absolute atomic E-state index is 12.6. The van der Waals surface area contributed by atoms with Crippen LogP contribution in [0, 0.1) is 11.8 Å². The van der Waals surface area contributed by atoms with E-state index >= 15 is 0 Å². The number of nitrogens with zero attached hydrogens (tertiary/aromatic N) is 1. The predicted octanol–water partition coefficient (Wildman–Crippen LogP) is 1.60. The first-order valence-electron chi connectivity index (χ1n) is 7.24. The number of rotatable bonds is 4. The third kappa shape index (κ3) is 2.39. The lowest BCUT2D eigenvalue weighted by Gasteiger charge is -2.29. The summed E-state index contributed by atoms with van der Waals surface area (Å²) in [5.74, 6) is 1.04. The summed E-state index contributed by atoms with van der Waals surface area (Å²) in [6.07, 6.45) is 4.23. The van der Waals surface area contributed by atoms with Gasteiger partial charge in [-0.05, 0) is 42.7 Å². The molecule has 0 saturated heterocycles. The number of hydrogen-bond donors (Lipinski definition) is 1. The van der Waals surface area contributed by atoms with Gasteiger partial charge >= 0.3 is 0 Å². The normalized spacial score (nSPS) is 20.1. The highest BCUT2D eigenvalue weighted by atomic mass is 16.2. The van der Waals surface area contributed by atoms with Crippen molar-refractivity contribution in [3.63, 3.8) is 0 Å². The fraction of sp³-hybridized carbons (Fsp3) is 0.562. The summed E-state index contributed by atoms with van der Waals surface area (Å²) in [6.45, 7) is 0.590. The molecule has 2 N–H and O–H groups in total. The van der Waals surface area contributed by atoms with E-state index in [0.29, 0.717) is 12.5 Å². The molecule has 2 aliphatic carbocycles. The van der Waals surface area contributed by atoms with Gasteiger partial charge in [0, 0.05) is 25.6 Å². The Morgan fingerprint density at radius 3 is 2.37 bits per heavy atom. The number of amides is 1. The van der Waals surface area contributed by atoms with E-state index in [1.54, 1.807) is 0 Å². The highest BCUT2D eigenvalue weighted by Crippen LogP contribution is 2.36. The quantitative estimate of drug-likeness (QED) is 0.891. The van der Waals surface area contributed by atoms with Crippen molar-refractivity contribution in [3.8, 4) is 0 Å². The van der Waals surface area contributed by atoms with E-state index in [1.807, 2.05) is 11.9 Å². The van der Waals surface area contributed by atoms with Crippen LogP contribution < -0.4 is 5.73 Å². The molecule has 3 nitrogen and oxygen atoms in total. The van der Waals surface area contributed by atoms with Gasteiger partial charge < -0.3 is 10.6 Å². The number of carbonyl (C=O) groups is 1. The summed E-state index contributed by atoms with van der Waals surface area (Å²) in [4.78, 5) is 14.5. The minimum Gasteiger partial charge on any atom is -0.341 e. The Bertz CT molecular complexity index is 456. The maximum atomic E-state index is 12.6. The molecule has 19 heavy (non-hydrogen) atoms. The van der Waals surface area contributed by atoms with Gasteiger partial charge in [-0.1, -0.05) is 24.3 Å². The molecule has 3 heteroatoms. The smallest absolute Gasteiger partial charge is 0.226 e. The second-order valence-electron chi connectivity index (χ2n) is 5.96. The molecule has 0 aliphatic heterocycles. The van der Waals surface area contributed by atoms with Crippen molar-refractivity contribution in [1.82, 2.24) is 4.90 Å². The Balaban J connectivity index is 1.68. The van der Waals surface area contributed by atoms with E-state index in [2.05, 4.69) is 24.3 Å². The van der Waals surface area contributed by atoms with Crippen LogP contribution in [0.3, 0.4) is 0 Å². The molecular weight excluding hydrogens is 236 g/mol. The first-order chi connectivity index (χ1) is 9.20. The fourth-order valence-electron chi connectivity index (χ4n) is 3.33. The molecule has 0 heterocycles. The van der Waals surface area contributed by atoms with E-state index in [9.17, 15) is 4.79 Å². The lowest BCUT2D eigenvalue weighted by atomic mass is 10.0. The number of carbonyl (C=O) groups excluding carboxylic acids is 1. The average molecular weight is 258 g/mol. The third-order valence-electron chi connectivity index (χ3n) is 4.65. The summed E-state index contributed by atoms with van der Waals surface area (Å²) >= 11 is 0. The first-order valence-corrected chi connectivity index (χ1v) is 7.24. The van der Waals surface area contributed by atoms with Gasteiger partial charge in [0.25, 0.3) is 0 Å². The molecule has 0 bridgehead atoms. The lowest BCUT2D eigenvalue weighted by molar-refractivity contribution is -0.136. The Morgan fingerprint density at radius 2 is 1.89 bits per heavy atom. The van der Waals surface area contributed by atoms with Crippen LogP contribution in [0.1, 0.15) is 24.0 Å². The number of likely N-dealkylation sites (N-methyl/N-ethyl adjacent to an activating group) is 1. The summed E-state index contributed by atoms with van der Waals surface area (Å²) < 4.78 is 0. The van der Waals surface area contributed by atoms with Gasteiger partial charge in [-0.3, -0.25) is 4.79 Å². The van der Waals surface area contributed by atoms with E-state index in [-0.39, 0.29) is 17.9 Å². The van der Waals surface area contributed by atoms with E-state index < -0.39 is 0 Å². The molecule has 0 radical (unpaired) electrons. The Kier molecular flexibility index (Phi) is 3.31. The van der Waals surface area contributed by atoms with Gasteiger partial charge in [0.1, 0.15) is 0 Å². The second kappa shape index (κ2) is 4.97. The number of hydrogen-bond acceptors (Lipinski definition) is 2. The maximum Gasteiger partial charge on any atom is 0.226 e. The molecule has 102 valence electrons. The van der Waals surface area contributed by atoms with Crippen molar-refractivity contribution < 1.29 is 4.79 Å². The van der Waals surface area contributed by atoms with Crippen LogP contribution in [-0.4, -0.2) is 30.4 Å². The van der Waals surface area contributed by atoms with Gasteiger partial charge in [0.15, 0.2) is 0 Å². The Labute approximate surface area is 114 Å². The zero-order valence-electron chi connectivity index (χ0n) is 11.5. The van der Waals surface area contributed by atoms with Gasteiger partial charge in [-0.15, -0.1) is 0 Å². The molecule has 0 aromatic heterocycles. The van der Waals surface area contributed by atoms with Crippen molar-refractivity contribution in [2.45, 2.75) is 31.7 Å². The minimum absolute atomic E-state index is 0.121. The van der Waals surface area contributed by atoms with Gasteiger partial charge in [0.2, 0.25) is 5.91 Å². The molecular formula is C16H22N2O. The molecule has 1 fully saturated rings. The van der Waals surface area contributed by atoms with Crippen molar-refractivity contribution in [1.29, 1.82) is 0 Å². The fourth-order valence-corrected chi connectivity index (χ4v) is 3.33. The van der Waals surface area contributed by atoms with Crippen LogP contribution >= 0.6 is 0 Å². The van der Waals surface area contributed by atoms with Gasteiger partial charge in [0.05, 0.1) is 0 Å². The molecule has 1 aromatic carbocycles. The summed E-state index contributed by atoms with van der Waals surface area (Å²) in [7, 11) is 1.93. The highest BCUT2D eigenvalue weighted by Gasteiger charge is 2.37. The highest BCUT2D eigenvalue weighted by molar-refractivity contribution is 5.80. The van der Waals surface area contributed by atoms with Crippen LogP contribution in [0.15, 0.2) is 24.3 Å². The number of nitrogens with two attached hydrogens (primary N) is 1. The predicted molar refractivity (Wildman–Crippen MR) is 75.7 cm³/mol. The second-order valence-corrected chi connectivity index (χ2v) is 5.96. The molecule has 3 rings (SSSR count). The third-order valence-corrected chi connectivity index (χ3v) is 4.65. The molecule has 0 spiro atoms. The standard InChI is InChI=1S/C16H22N2O/c1-18(15(10-17)11-6-7-11)16(19)14-8-12-4-2-3-5-13(12)9-14/h2-5,11,14-15H,6-10,17H2,1H3. The molecule has 1 atom stereocenters. The Morgan fingerprint density at radius 1 is 1.32 bits per heavy atom. The van der Waals surface area contributed by atoms with Crippen molar-refractivity contribution >= 4 is 5.91 Å². The topological polar surface area (TPSA) is 46.3 Å². The van der Waals surface area contributed by atoms with Gasteiger partial charge in [-0.2, -0.15) is 0 Å². The Hall–Kier alpha value is -1.35. The molecule has 1 aromatic rings. The summed E-state index contributed by atoms with van der Waals surface area (Å²) in [5.41, 5.74) is 8.52. The zero-order valence-corrected chi connectivity index (χ0v) is 11.5. The SMILES string of the molecule is CN(C(=O)C1Cc2ccccc2C1)C(CN)C1CC1. The van der Waals surface area contributed by atoms with Crippen LogP contribution in [-0.2, 0) is 17.6 Å². The number of fused-ring (bicyclic) bond motifs is 1. The zero-order chi connectivity index (χ0) is 13.4. The molecule has 1 unspecified atom stereocenters. The molecule has 2 aliphatic rings. The summed E-state index contributed by atoms with van der Waals surface area (Å²) in [5, 5.41) is 0. The van der Waals surface area contributed by atoms with E-state index in [4.69, 9.17) is 5.73 Å². The van der Waals surface area contributed by atoms with Crippen molar-refractivity contribution in [2.75, 3.05) is 13.6 Å². The summed E-state index contributed by atoms with van der Waals surface area (Å²) in [6, 6.07) is 8.65. The van der Waals surface area contributed by atoms with Crippen molar-refractivity contribution in [2.24, 2.45) is 17.6 Å². The molecule has 1 saturated carbocycles. The van der Waals surface area contributed by atoms with Crippen LogP contribution in [0.5, 0.6) is 0 Å². The van der Waals surface area contributed by atoms with Crippen molar-refractivity contribution in [3.05, 3.63) is 35.4 Å². The van der Waals surface area contributed by atoms with Crippen LogP contribution in [0.4, 0.5) is 0 Å².